The van der Waals surface area contributed by atoms with E-state index < -0.39 is 22.7 Å². The summed E-state index contributed by atoms with van der Waals surface area (Å²) in [6, 6.07) is 5.68. The van der Waals surface area contributed by atoms with Crippen molar-refractivity contribution in [3.8, 4) is 5.88 Å². The van der Waals surface area contributed by atoms with Crippen molar-refractivity contribution < 1.29 is 22.1 Å². The molecule has 1 aromatic carbocycles. The zero-order valence-electron chi connectivity index (χ0n) is 11.1. The monoisotopic (exact) mass is 394 g/mol. The van der Waals surface area contributed by atoms with Crippen LogP contribution in [0.5, 0.6) is 5.88 Å². The third-order valence-corrected chi connectivity index (χ3v) is 4.15. The van der Waals surface area contributed by atoms with E-state index in [2.05, 4.69) is 25.6 Å². The summed E-state index contributed by atoms with van der Waals surface area (Å²) in [6.45, 7) is 0. The Bertz CT molecular complexity index is 693. The molecule has 118 valence electrons. The number of ether oxygens (including phenoxy) is 1. The number of hydrogen-bond donors (Lipinski definition) is 1. The Kier molecular flexibility index (Phi) is 5.07. The van der Waals surface area contributed by atoms with Crippen LogP contribution < -0.4 is 9.46 Å². The topological polar surface area (TPSA) is 51.2 Å². The molecule has 22 heavy (non-hydrogen) atoms. The van der Waals surface area contributed by atoms with Crippen LogP contribution in [0.25, 0.3) is 0 Å². The number of nitrogens with zero attached hydrogens (tertiary/aromatic N) is 1. The van der Waals surface area contributed by atoms with E-state index >= 15 is 0 Å². The second-order valence-corrected chi connectivity index (χ2v) is 6.23. The summed E-state index contributed by atoms with van der Waals surface area (Å²) in [7, 11) is -0.343. The van der Waals surface area contributed by atoms with Gasteiger partial charge in [-0.25, -0.2) is 9.19 Å². The lowest BCUT2D eigenvalue weighted by molar-refractivity contribution is -0.137. The fourth-order valence-electron chi connectivity index (χ4n) is 1.59. The Morgan fingerprint density at radius 2 is 1.91 bits per heavy atom. The van der Waals surface area contributed by atoms with Crippen molar-refractivity contribution in [1.82, 2.24) is 4.98 Å². The van der Waals surface area contributed by atoms with Gasteiger partial charge >= 0.3 is 6.18 Å². The summed E-state index contributed by atoms with van der Waals surface area (Å²) < 4.78 is 58.0. The van der Waals surface area contributed by atoms with Crippen molar-refractivity contribution in [2.45, 2.75) is 11.1 Å². The van der Waals surface area contributed by atoms with E-state index in [0.29, 0.717) is 10.2 Å². The Balaban J connectivity index is 2.21. The minimum atomic E-state index is -4.43. The second kappa shape index (κ2) is 6.66. The van der Waals surface area contributed by atoms with Crippen LogP contribution in [0.4, 0.5) is 18.9 Å². The lowest BCUT2D eigenvalue weighted by atomic mass is 10.2. The van der Waals surface area contributed by atoms with Crippen molar-refractivity contribution in [3.63, 3.8) is 0 Å². The van der Waals surface area contributed by atoms with Crippen molar-refractivity contribution in [2.75, 3.05) is 11.8 Å². The van der Waals surface area contributed by atoms with E-state index in [0.717, 1.165) is 24.3 Å². The number of nitrogens with one attached hydrogen (secondary N) is 1. The number of methoxy groups -OCH3 is 1. The number of anilines is 1. The van der Waals surface area contributed by atoms with Crippen LogP contribution in [0, 0.1) is 0 Å². The van der Waals surface area contributed by atoms with Crippen LogP contribution in [-0.4, -0.2) is 16.3 Å². The van der Waals surface area contributed by atoms with Gasteiger partial charge in [0.25, 0.3) is 0 Å². The summed E-state index contributed by atoms with van der Waals surface area (Å²) in [4.78, 5) is 4.18. The molecule has 0 aliphatic carbocycles. The minimum absolute atomic E-state index is 0.204. The molecule has 0 radical (unpaired) electrons. The maximum Gasteiger partial charge on any atom is 0.416 e. The van der Waals surface area contributed by atoms with Crippen LogP contribution in [0.15, 0.2) is 45.9 Å². The molecule has 2 rings (SSSR count). The molecule has 2 aromatic rings. The second-order valence-electron chi connectivity index (χ2n) is 4.10. The minimum Gasteiger partial charge on any atom is -0.480 e. The largest absolute Gasteiger partial charge is 0.480 e. The zero-order chi connectivity index (χ0) is 16.3. The first kappa shape index (κ1) is 16.8. The molecule has 0 saturated carbocycles. The Hall–Kier alpha value is -1.61. The highest BCUT2D eigenvalue weighted by atomic mass is 79.9. The molecule has 0 saturated heterocycles. The number of halogens is 4. The number of alkyl halides is 3. The average molecular weight is 395 g/mol. The molecule has 1 heterocycles. The van der Waals surface area contributed by atoms with Crippen LogP contribution in [0.2, 0.25) is 0 Å². The van der Waals surface area contributed by atoms with E-state index in [-0.39, 0.29) is 10.8 Å². The van der Waals surface area contributed by atoms with Crippen LogP contribution in [0.3, 0.4) is 0 Å². The quantitative estimate of drug-likeness (QED) is 0.852. The molecule has 0 aliphatic heterocycles. The summed E-state index contributed by atoms with van der Waals surface area (Å²) in [6.07, 6.45) is -2.92. The van der Waals surface area contributed by atoms with Crippen molar-refractivity contribution in [3.05, 3.63) is 46.6 Å². The smallest absolute Gasteiger partial charge is 0.416 e. The first-order chi connectivity index (χ1) is 10.3. The fraction of sp³-hybridized carbons (Fsp3) is 0.154. The van der Waals surface area contributed by atoms with E-state index in [1.165, 1.54) is 13.3 Å². The van der Waals surface area contributed by atoms with Gasteiger partial charge in [0.15, 0.2) is 0 Å². The molecular formula is C13H10BrF3N2O2S. The van der Waals surface area contributed by atoms with Crippen molar-refractivity contribution >= 4 is 32.6 Å². The highest BCUT2D eigenvalue weighted by molar-refractivity contribution is 9.10. The third-order valence-electron chi connectivity index (χ3n) is 2.61. The molecule has 1 aromatic heterocycles. The van der Waals surface area contributed by atoms with Crippen molar-refractivity contribution in [2.24, 2.45) is 0 Å². The van der Waals surface area contributed by atoms with E-state index in [9.17, 15) is 17.4 Å². The molecule has 1 N–H and O–H groups in total. The summed E-state index contributed by atoms with van der Waals surface area (Å²) in [5, 5.41) is 0. The van der Waals surface area contributed by atoms with Gasteiger partial charge in [0, 0.05) is 10.7 Å². The van der Waals surface area contributed by atoms with Gasteiger partial charge < -0.3 is 4.74 Å². The highest BCUT2D eigenvalue weighted by Gasteiger charge is 2.30. The molecule has 9 heteroatoms. The Labute approximate surface area is 135 Å². The van der Waals surface area contributed by atoms with Crippen molar-refractivity contribution in [1.29, 1.82) is 0 Å². The first-order valence-corrected chi connectivity index (χ1v) is 7.81. The number of pyridine rings is 1. The SMILES string of the molecule is COc1ncc(Br)cc1NS(=O)c1ccc(C(F)(F)F)cc1. The maximum atomic E-state index is 12.5. The molecular weight excluding hydrogens is 385 g/mol. The molecule has 0 aliphatic rings. The Morgan fingerprint density at radius 1 is 1.27 bits per heavy atom. The number of aromatic nitrogens is 1. The van der Waals surface area contributed by atoms with Gasteiger partial charge in [0.05, 0.1) is 17.6 Å². The maximum absolute atomic E-state index is 12.5. The van der Waals surface area contributed by atoms with Gasteiger partial charge in [-0.2, -0.15) is 13.2 Å². The summed E-state index contributed by atoms with van der Waals surface area (Å²) in [5.41, 5.74) is -0.440. The van der Waals surface area contributed by atoms with Crippen LogP contribution in [-0.2, 0) is 17.2 Å². The number of hydrogen-bond acceptors (Lipinski definition) is 3. The van der Waals surface area contributed by atoms with E-state index in [1.807, 2.05) is 0 Å². The summed E-state index contributed by atoms with van der Waals surface area (Å²) in [5.74, 6) is 0.225. The number of rotatable bonds is 4. The first-order valence-electron chi connectivity index (χ1n) is 5.86. The van der Waals surface area contributed by atoms with Gasteiger partial charge in [-0.05, 0) is 46.3 Å². The third kappa shape index (κ3) is 3.98. The molecule has 0 bridgehead atoms. The molecule has 1 atom stereocenters. The normalized spacial score (nSPS) is 12.8. The van der Waals surface area contributed by atoms with Crippen LogP contribution >= 0.6 is 15.9 Å². The predicted molar refractivity (Wildman–Crippen MR) is 80.0 cm³/mol. The molecule has 1 unspecified atom stereocenters. The van der Waals surface area contributed by atoms with Crippen LogP contribution in [0.1, 0.15) is 5.56 Å². The summed E-state index contributed by atoms with van der Waals surface area (Å²) >= 11 is 3.22. The van der Waals surface area contributed by atoms with Gasteiger partial charge in [-0.1, -0.05) is 0 Å². The average Bonchev–Trinajstić information content (AvgIpc) is 2.46. The Morgan fingerprint density at radius 3 is 2.45 bits per heavy atom. The van der Waals surface area contributed by atoms with Gasteiger partial charge in [-0.15, -0.1) is 0 Å². The lowest BCUT2D eigenvalue weighted by Gasteiger charge is -2.11. The predicted octanol–water partition coefficient (Wildman–Crippen LogP) is 4.01. The highest BCUT2D eigenvalue weighted by Crippen LogP contribution is 2.30. The number of benzene rings is 1. The molecule has 0 spiro atoms. The lowest BCUT2D eigenvalue weighted by Crippen LogP contribution is -2.08. The molecule has 0 fully saturated rings. The zero-order valence-corrected chi connectivity index (χ0v) is 13.6. The molecule has 4 nitrogen and oxygen atoms in total. The van der Waals surface area contributed by atoms with E-state index in [1.54, 1.807) is 6.07 Å². The van der Waals surface area contributed by atoms with Gasteiger partial charge in [0.1, 0.15) is 16.7 Å². The van der Waals surface area contributed by atoms with E-state index in [4.69, 9.17) is 4.74 Å². The standard InChI is InChI=1S/C13H10BrF3N2O2S/c1-21-12-11(6-9(14)7-18-12)19-22(20)10-4-2-8(3-5-10)13(15,16)17/h2-7,19H,1H3. The molecule has 0 amide bonds. The van der Waals surface area contributed by atoms with Gasteiger partial charge in [0.2, 0.25) is 5.88 Å². The fourth-order valence-corrected chi connectivity index (χ4v) is 2.77. The van der Waals surface area contributed by atoms with Gasteiger partial charge in [-0.3, -0.25) is 4.72 Å².